The van der Waals surface area contributed by atoms with Crippen molar-refractivity contribution >= 4 is 23.6 Å². The van der Waals surface area contributed by atoms with E-state index in [0.29, 0.717) is 23.6 Å². The van der Waals surface area contributed by atoms with Gasteiger partial charge in [0.05, 0.1) is 19.8 Å². The van der Waals surface area contributed by atoms with Crippen LogP contribution >= 0.6 is 11.8 Å². The highest BCUT2D eigenvalue weighted by molar-refractivity contribution is 8.01. The van der Waals surface area contributed by atoms with Gasteiger partial charge in [-0.2, -0.15) is 0 Å². The van der Waals surface area contributed by atoms with Crippen LogP contribution in [-0.2, 0) is 4.79 Å². The van der Waals surface area contributed by atoms with Gasteiger partial charge in [-0.25, -0.2) is 0 Å². The summed E-state index contributed by atoms with van der Waals surface area (Å²) in [4.78, 5) is 27.8. The van der Waals surface area contributed by atoms with E-state index < -0.39 is 6.04 Å². The molecule has 0 spiro atoms. The summed E-state index contributed by atoms with van der Waals surface area (Å²) in [7, 11) is 3.08. The zero-order chi connectivity index (χ0) is 19.1. The lowest BCUT2D eigenvalue weighted by Crippen LogP contribution is -2.52. The Morgan fingerprint density at radius 3 is 2.65 bits per heavy atom. The molecule has 1 fully saturated rings. The fourth-order valence-corrected chi connectivity index (χ4v) is 5.32. The molecule has 1 N–H and O–H groups in total. The van der Waals surface area contributed by atoms with Gasteiger partial charge in [-0.15, -0.1) is 11.8 Å². The molecule has 7 heteroatoms. The highest BCUT2D eigenvalue weighted by atomic mass is 32.2. The van der Waals surface area contributed by atoms with Crippen LogP contribution in [0.2, 0.25) is 0 Å². The molecule has 0 aliphatic carbocycles. The van der Waals surface area contributed by atoms with Crippen LogP contribution in [0.3, 0.4) is 0 Å². The Labute approximate surface area is 158 Å². The predicted octanol–water partition coefficient (Wildman–Crippen LogP) is 2.97. The number of rotatable bonds is 6. The molecule has 0 unspecified atom stereocenters. The van der Waals surface area contributed by atoms with E-state index in [0.717, 1.165) is 18.4 Å². The van der Waals surface area contributed by atoms with Gasteiger partial charge in [0.25, 0.3) is 5.91 Å². The highest BCUT2D eigenvalue weighted by Crippen LogP contribution is 2.58. The second-order valence-electron chi connectivity index (χ2n) is 7.10. The summed E-state index contributed by atoms with van der Waals surface area (Å²) in [6.07, 6.45) is 1.94. The minimum Gasteiger partial charge on any atom is -0.493 e. The largest absolute Gasteiger partial charge is 0.493 e. The van der Waals surface area contributed by atoms with Gasteiger partial charge in [0.1, 0.15) is 11.4 Å². The van der Waals surface area contributed by atoms with Crippen molar-refractivity contribution in [2.45, 2.75) is 49.8 Å². The Bertz CT molecular complexity index is 734. The average Bonchev–Trinajstić information content (AvgIpc) is 3.04. The van der Waals surface area contributed by atoms with Gasteiger partial charge in [0.2, 0.25) is 5.91 Å². The predicted molar refractivity (Wildman–Crippen MR) is 102 cm³/mol. The fourth-order valence-electron chi connectivity index (χ4n) is 3.74. The fraction of sp³-hybridized carbons (Fsp3) is 0.579. The van der Waals surface area contributed by atoms with Crippen molar-refractivity contribution in [2.24, 2.45) is 0 Å². The molecule has 1 saturated heterocycles. The summed E-state index contributed by atoms with van der Waals surface area (Å²) in [5.74, 6) is 0.696. The maximum Gasteiger partial charge on any atom is 0.260 e. The zero-order valence-corrected chi connectivity index (χ0v) is 16.7. The quantitative estimate of drug-likeness (QED) is 0.771. The molecule has 1 aromatic carbocycles. The number of carbonyl (C=O) groups is 2. The summed E-state index contributed by atoms with van der Waals surface area (Å²) in [5, 5.41) is 2.80. The van der Waals surface area contributed by atoms with E-state index in [1.165, 1.54) is 7.11 Å². The van der Waals surface area contributed by atoms with Crippen LogP contribution in [0.15, 0.2) is 12.1 Å². The SMILES string of the molecule is CCCCNC(=O)[C@H]1N2C(=O)c3c(ccc(OC)c3OC)[C@H]2SC1(C)C. The van der Waals surface area contributed by atoms with Gasteiger partial charge in [-0.05, 0) is 26.3 Å². The van der Waals surface area contributed by atoms with Crippen molar-refractivity contribution in [2.75, 3.05) is 20.8 Å². The van der Waals surface area contributed by atoms with E-state index in [2.05, 4.69) is 12.2 Å². The number of ether oxygens (including phenoxy) is 2. The van der Waals surface area contributed by atoms with E-state index in [4.69, 9.17) is 9.47 Å². The molecule has 2 aliphatic heterocycles. The van der Waals surface area contributed by atoms with Crippen LogP contribution in [0.5, 0.6) is 11.5 Å². The van der Waals surface area contributed by atoms with Crippen LogP contribution in [0.1, 0.15) is 54.9 Å². The van der Waals surface area contributed by atoms with Crippen LogP contribution in [0, 0.1) is 0 Å². The van der Waals surface area contributed by atoms with Crippen LogP contribution in [0.25, 0.3) is 0 Å². The number of thioether (sulfide) groups is 1. The summed E-state index contributed by atoms with van der Waals surface area (Å²) in [5.41, 5.74) is 1.39. The smallest absolute Gasteiger partial charge is 0.260 e. The first-order chi connectivity index (χ1) is 12.4. The molecule has 1 aromatic rings. The molecule has 2 aliphatic rings. The van der Waals surface area contributed by atoms with Crippen molar-refractivity contribution in [1.29, 1.82) is 0 Å². The summed E-state index contributed by atoms with van der Waals surface area (Å²) < 4.78 is 10.4. The number of fused-ring (bicyclic) bond motifs is 3. The Morgan fingerprint density at radius 1 is 1.31 bits per heavy atom. The van der Waals surface area contributed by atoms with Crippen LogP contribution in [-0.4, -0.2) is 48.3 Å². The summed E-state index contributed by atoms with van der Waals surface area (Å²) >= 11 is 1.64. The van der Waals surface area contributed by atoms with E-state index in [1.54, 1.807) is 23.8 Å². The number of amides is 2. The minimum atomic E-state index is -0.523. The van der Waals surface area contributed by atoms with Gasteiger partial charge in [-0.1, -0.05) is 19.4 Å². The van der Waals surface area contributed by atoms with E-state index >= 15 is 0 Å². The number of hydrogen-bond donors (Lipinski definition) is 1. The van der Waals surface area contributed by atoms with Crippen molar-refractivity contribution in [3.8, 4) is 11.5 Å². The Kier molecular flexibility index (Phi) is 5.10. The first-order valence-electron chi connectivity index (χ1n) is 8.90. The van der Waals surface area contributed by atoms with E-state index in [1.807, 2.05) is 26.0 Å². The minimum absolute atomic E-state index is 0.0921. The second kappa shape index (κ2) is 7.02. The summed E-state index contributed by atoms with van der Waals surface area (Å²) in [6, 6.07) is 3.20. The highest BCUT2D eigenvalue weighted by Gasteiger charge is 2.58. The van der Waals surface area contributed by atoms with Crippen molar-refractivity contribution in [1.82, 2.24) is 10.2 Å². The van der Waals surface area contributed by atoms with Gasteiger partial charge in [0, 0.05) is 16.9 Å². The molecular weight excluding hydrogens is 352 g/mol. The van der Waals surface area contributed by atoms with Crippen LogP contribution < -0.4 is 14.8 Å². The molecular formula is C19H26N2O4S. The third-order valence-electron chi connectivity index (χ3n) is 4.97. The molecule has 6 nitrogen and oxygen atoms in total. The first-order valence-corrected chi connectivity index (χ1v) is 9.78. The Hall–Kier alpha value is -1.89. The number of nitrogens with zero attached hydrogens (tertiary/aromatic N) is 1. The summed E-state index contributed by atoms with van der Waals surface area (Å²) in [6.45, 7) is 6.75. The van der Waals surface area contributed by atoms with Crippen molar-refractivity contribution in [3.05, 3.63) is 23.3 Å². The molecule has 0 aromatic heterocycles. The first kappa shape index (κ1) is 18.9. The van der Waals surface area contributed by atoms with Crippen molar-refractivity contribution < 1.29 is 19.1 Å². The third-order valence-corrected chi connectivity index (χ3v) is 6.51. The average molecular weight is 378 g/mol. The number of benzene rings is 1. The Morgan fingerprint density at radius 2 is 2.04 bits per heavy atom. The molecule has 2 atom stereocenters. The van der Waals surface area contributed by atoms with Gasteiger partial charge in [0.15, 0.2) is 11.5 Å². The molecule has 0 saturated carbocycles. The lowest BCUT2D eigenvalue weighted by Gasteiger charge is -2.29. The number of methoxy groups -OCH3 is 2. The van der Waals surface area contributed by atoms with Gasteiger partial charge < -0.3 is 19.7 Å². The van der Waals surface area contributed by atoms with Gasteiger partial charge in [-0.3, -0.25) is 9.59 Å². The second-order valence-corrected chi connectivity index (χ2v) is 8.83. The van der Waals surface area contributed by atoms with E-state index in [9.17, 15) is 9.59 Å². The molecule has 0 radical (unpaired) electrons. The lowest BCUT2D eigenvalue weighted by molar-refractivity contribution is -0.126. The lowest BCUT2D eigenvalue weighted by atomic mass is 10.0. The third kappa shape index (κ3) is 2.82. The van der Waals surface area contributed by atoms with Crippen LogP contribution in [0.4, 0.5) is 0 Å². The number of carbonyl (C=O) groups excluding carboxylic acids is 2. The molecule has 26 heavy (non-hydrogen) atoms. The number of hydrogen-bond acceptors (Lipinski definition) is 5. The molecule has 2 amide bonds. The van der Waals surface area contributed by atoms with Crippen molar-refractivity contribution in [3.63, 3.8) is 0 Å². The standard InChI is InChI=1S/C19H26N2O4S/c1-6-7-10-20-16(22)15-19(2,3)26-18-11-8-9-12(24-4)14(25-5)13(11)17(23)21(15)18/h8-9,15,18H,6-7,10H2,1-5H3,(H,20,22)/t15-,18-/m1/s1. The zero-order valence-electron chi connectivity index (χ0n) is 15.9. The molecule has 3 rings (SSSR count). The van der Waals surface area contributed by atoms with Gasteiger partial charge >= 0.3 is 0 Å². The topological polar surface area (TPSA) is 67.9 Å². The monoisotopic (exact) mass is 378 g/mol. The number of nitrogens with one attached hydrogen (secondary N) is 1. The Balaban J connectivity index is 1.98. The van der Waals surface area contributed by atoms with E-state index in [-0.39, 0.29) is 21.9 Å². The normalized spacial score (nSPS) is 22.8. The maximum atomic E-state index is 13.3. The molecule has 2 heterocycles. The molecule has 142 valence electrons. The maximum absolute atomic E-state index is 13.3. The molecule has 0 bridgehead atoms. The number of unbranched alkanes of at least 4 members (excludes halogenated alkanes) is 1.